The monoisotopic (exact) mass is 366 g/mol. The highest BCUT2D eigenvalue weighted by Crippen LogP contribution is 2.26. The first-order valence-corrected chi connectivity index (χ1v) is 10.4. The van der Waals surface area contributed by atoms with Crippen LogP contribution in [0.2, 0.25) is 0 Å². The molecule has 0 bridgehead atoms. The molecule has 1 N–H and O–H groups in total. The molecule has 2 aliphatic rings. The number of benzene rings is 1. The van der Waals surface area contributed by atoms with Gasteiger partial charge in [-0.25, -0.2) is 0 Å². The Balaban J connectivity index is 1.39. The third-order valence-corrected chi connectivity index (χ3v) is 5.96. The zero-order valence-electron chi connectivity index (χ0n) is 16.3. The van der Waals surface area contributed by atoms with Crippen molar-refractivity contribution >= 4 is 5.91 Å². The summed E-state index contributed by atoms with van der Waals surface area (Å²) < 4.78 is 2.14. The van der Waals surface area contributed by atoms with Crippen molar-refractivity contribution in [2.75, 3.05) is 6.54 Å². The molecular weight excluding hydrogens is 336 g/mol. The van der Waals surface area contributed by atoms with E-state index in [-0.39, 0.29) is 11.8 Å². The maximum atomic E-state index is 12.1. The van der Waals surface area contributed by atoms with Crippen LogP contribution >= 0.6 is 0 Å². The van der Waals surface area contributed by atoms with Gasteiger partial charge in [-0.15, -0.1) is 0 Å². The molecule has 0 radical (unpaired) electrons. The number of carbonyl (C=O) groups is 1. The fourth-order valence-electron chi connectivity index (χ4n) is 4.10. The van der Waals surface area contributed by atoms with E-state index in [2.05, 4.69) is 52.2 Å². The fourth-order valence-corrected chi connectivity index (χ4v) is 4.10. The number of hydrogen-bond acceptors (Lipinski definition) is 3. The van der Waals surface area contributed by atoms with Crippen molar-refractivity contribution in [3.05, 3.63) is 52.8 Å². The van der Waals surface area contributed by atoms with Gasteiger partial charge in [-0.2, -0.15) is 5.10 Å². The van der Waals surface area contributed by atoms with Crippen molar-refractivity contribution in [2.24, 2.45) is 5.92 Å². The van der Waals surface area contributed by atoms with E-state index in [1.54, 1.807) is 0 Å². The third-order valence-electron chi connectivity index (χ3n) is 5.96. The second kappa shape index (κ2) is 8.26. The van der Waals surface area contributed by atoms with Crippen LogP contribution in [0, 0.1) is 5.92 Å². The van der Waals surface area contributed by atoms with Crippen molar-refractivity contribution in [2.45, 2.75) is 65.2 Å². The number of carbonyl (C=O) groups excluding carboxylic acids is 1. The van der Waals surface area contributed by atoms with Gasteiger partial charge >= 0.3 is 0 Å². The van der Waals surface area contributed by atoms with E-state index in [9.17, 15) is 4.79 Å². The fraction of sp³-hybridized carbons (Fsp3) is 0.545. The molecule has 0 unspecified atom stereocenters. The average Bonchev–Trinajstić information content (AvgIpc) is 2.91. The van der Waals surface area contributed by atoms with E-state index in [4.69, 9.17) is 5.10 Å². The minimum Gasteiger partial charge on any atom is -0.350 e. The number of fused-ring (bicyclic) bond motifs is 1. The van der Waals surface area contributed by atoms with Crippen LogP contribution in [0.5, 0.6) is 0 Å². The summed E-state index contributed by atoms with van der Waals surface area (Å²) >= 11 is 0. The van der Waals surface area contributed by atoms with Gasteiger partial charge < -0.3 is 5.32 Å². The topological polar surface area (TPSA) is 50.2 Å². The van der Waals surface area contributed by atoms with E-state index in [0.717, 1.165) is 57.6 Å². The molecule has 0 saturated heterocycles. The van der Waals surface area contributed by atoms with Crippen molar-refractivity contribution in [1.82, 2.24) is 20.0 Å². The lowest BCUT2D eigenvalue weighted by Gasteiger charge is -2.23. The highest BCUT2D eigenvalue weighted by atomic mass is 16.1. The van der Waals surface area contributed by atoms with Gasteiger partial charge in [0.15, 0.2) is 0 Å². The van der Waals surface area contributed by atoms with Gasteiger partial charge in [-0.3, -0.25) is 14.4 Å². The Hall–Kier alpha value is -2.14. The second-order valence-electron chi connectivity index (χ2n) is 7.88. The summed E-state index contributed by atoms with van der Waals surface area (Å²) in [5, 5.41) is 7.80. The molecule has 1 fully saturated rings. The molecule has 1 aromatic heterocycles. The van der Waals surface area contributed by atoms with Gasteiger partial charge in [-0.05, 0) is 42.9 Å². The van der Waals surface area contributed by atoms with E-state index in [0.29, 0.717) is 6.54 Å². The van der Waals surface area contributed by atoms with Gasteiger partial charge in [0.25, 0.3) is 0 Å². The number of nitrogens with zero attached hydrogens (tertiary/aromatic N) is 3. The molecule has 2 aromatic rings. The summed E-state index contributed by atoms with van der Waals surface area (Å²) in [4.78, 5) is 14.6. The zero-order valence-corrected chi connectivity index (χ0v) is 16.3. The van der Waals surface area contributed by atoms with Gasteiger partial charge in [0.2, 0.25) is 5.91 Å². The molecule has 4 rings (SSSR count). The molecule has 144 valence electrons. The first-order valence-electron chi connectivity index (χ1n) is 10.4. The Kier molecular flexibility index (Phi) is 5.58. The lowest BCUT2D eigenvalue weighted by molar-refractivity contribution is -0.127. The minimum absolute atomic E-state index is 0.197. The van der Waals surface area contributed by atoms with Gasteiger partial charge in [0, 0.05) is 32.1 Å². The zero-order chi connectivity index (χ0) is 18.6. The van der Waals surface area contributed by atoms with E-state index in [1.165, 1.54) is 23.2 Å². The van der Waals surface area contributed by atoms with Crippen LogP contribution in [0.25, 0.3) is 0 Å². The van der Waals surface area contributed by atoms with E-state index >= 15 is 0 Å². The maximum Gasteiger partial charge on any atom is 0.223 e. The molecule has 1 aliphatic heterocycles. The molecule has 1 aromatic carbocycles. The van der Waals surface area contributed by atoms with Crippen LogP contribution in [-0.4, -0.2) is 27.1 Å². The smallest absolute Gasteiger partial charge is 0.223 e. The van der Waals surface area contributed by atoms with Crippen molar-refractivity contribution < 1.29 is 4.79 Å². The van der Waals surface area contributed by atoms with Gasteiger partial charge in [0.1, 0.15) is 0 Å². The highest BCUT2D eigenvalue weighted by molar-refractivity contribution is 5.79. The summed E-state index contributed by atoms with van der Waals surface area (Å²) in [5.74, 6) is 0.432. The molecule has 1 saturated carbocycles. The molecule has 5 heteroatoms. The molecular formula is C22H30N4O. The van der Waals surface area contributed by atoms with Crippen LogP contribution in [0.1, 0.15) is 55.1 Å². The first kappa shape index (κ1) is 18.2. The summed E-state index contributed by atoms with van der Waals surface area (Å²) in [7, 11) is 0. The first-order chi connectivity index (χ1) is 13.2. The van der Waals surface area contributed by atoms with Crippen LogP contribution in [0.4, 0.5) is 0 Å². The number of rotatable bonds is 6. The van der Waals surface area contributed by atoms with Crippen LogP contribution in [0.3, 0.4) is 0 Å². The van der Waals surface area contributed by atoms with E-state index < -0.39 is 0 Å². The Bertz CT molecular complexity index is 793. The van der Waals surface area contributed by atoms with Crippen molar-refractivity contribution in [3.63, 3.8) is 0 Å². The second-order valence-corrected chi connectivity index (χ2v) is 7.88. The van der Waals surface area contributed by atoms with Gasteiger partial charge in [-0.1, -0.05) is 37.6 Å². The predicted octanol–water partition coefficient (Wildman–Crippen LogP) is 3.27. The standard InChI is InChI=1S/C22H30N4O/c1-2-17-7-3-4-8-19(17)15-25-11-6-12-26-21(16-25)13-20(24-26)14-23-22(27)18-9-5-10-18/h3-4,7-8,13,18H,2,5-6,9-12,14-16H2,1H3,(H,23,27). The van der Waals surface area contributed by atoms with Crippen molar-refractivity contribution in [1.29, 1.82) is 0 Å². The quantitative estimate of drug-likeness (QED) is 0.854. The summed E-state index contributed by atoms with van der Waals surface area (Å²) in [6.07, 6.45) is 5.46. The highest BCUT2D eigenvalue weighted by Gasteiger charge is 2.25. The minimum atomic E-state index is 0.197. The molecule has 0 spiro atoms. The lowest BCUT2D eigenvalue weighted by Crippen LogP contribution is -2.34. The maximum absolute atomic E-state index is 12.1. The molecule has 1 amide bonds. The lowest BCUT2D eigenvalue weighted by atomic mass is 9.85. The predicted molar refractivity (Wildman–Crippen MR) is 106 cm³/mol. The molecule has 27 heavy (non-hydrogen) atoms. The largest absolute Gasteiger partial charge is 0.350 e. The molecule has 5 nitrogen and oxygen atoms in total. The molecule has 1 aliphatic carbocycles. The Morgan fingerprint density at radius 1 is 1.19 bits per heavy atom. The number of nitrogens with one attached hydrogen (secondary N) is 1. The Morgan fingerprint density at radius 3 is 2.74 bits per heavy atom. The normalized spacial score (nSPS) is 17.8. The summed E-state index contributed by atoms with van der Waals surface area (Å²) in [6.45, 7) is 6.73. The SMILES string of the molecule is CCc1ccccc1CN1CCCn2nc(CNC(=O)C3CCC3)cc2C1. The van der Waals surface area contributed by atoms with Crippen molar-refractivity contribution in [3.8, 4) is 0 Å². The Labute approximate surface area is 161 Å². The van der Waals surface area contributed by atoms with E-state index in [1.807, 2.05) is 0 Å². The van der Waals surface area contributed by atoms with Crippen LogP contribution in [-0.2, 0) is 37.4 Å². The number of aryl methyl sites for hydroxylation is 2. The summed E-state index contributed by atoms with van der Waals surface area (Å²) in [5.41, 5.74) is 5.11. The number of aromatic nitrogens is 2. The number of amides is 1. The summed E-state index contributed by atoms with van der Waals surface area (Å²) in [6, 6.07) is 10.9. The Morgan fingerprint density at radius 2 is 2.00 bits per heavy atom. The molecule has 2 heterocycles. The van der Waals surface area contributed by atoms with Crippen LogP contribution in [0.15, 0.2) is 30.3 Å². The number of hydrogen-bond donors (Lipinski definition) is 1. The van der Waals surface area contributed by atoms with Crippen LogP contribution < -0.4 is 5.32 Å². The molecule has 0 atom stereocenters. The third kappa shape index (κ3) is 4.24. The van der Waals surface area contributed by atoms with Gasteiger partial charge in [0.05, 0.1) is 17.9 Å². The average molecular weight is 367 g/mol.